The molecule has 9 heteroatoms. The molecule has 1 amide bonds. The first kappa shape index (κ1) is 20.8. The van der Waals surface area contributed by atoms with Crippen molar-refractivity contribution >= 4 is 45.1 Å². The van der Waals surface area contributed by atoms with Gasteiger partial charge in [0.05, 0.1) is 28.6 Å². The largest absolute Gasteiger partial charge is 0.461 e. The van der Waals surface area contributed by atoms with Gasteiger partial charge in [-0.2, -0.15) is 9.78 Å². The van der Waals surface area contributed by atoms with Crippen LogP contribution in [-0.2, 0) is 4.74 Å². The van der Waals surface area contributed by atoms with Crippen molar-refractivity contribution in [2.45, 2.75) is 6.92 Å². The summed E-state index contributed by atoms with van der Waals surface area (Å²) in [6.45, 7) is 1.75. The van der Waals surface area contributed by atoms with E-state index in [-0.39, 0.29) is 28.6 Å². The van der Waals surface area contributed by atoms with Gasteiger partial charge in [-0.15, -0.1) is 0 Å². The van der Waals surface area contributed by atoms with Crippen LogP contribution in [0.3, 0.4) is 0 Å². The number of carbonyl (C=O) groups is 2. The predicted molar refractivity (Wildman–Crippen MR) is 113 cm³/mol. The van der Waals surface area contributed by atoms with Crippen LogP contribution in [0.4, 0.5) is 5.69 Å². The van der Waals surface area contributed by atoms with Crippen molar-refractivity contribution in [2.24, 2.45) is 0 Å². The Bertz CT molecular complexity index is 1130. The number of para-hydroxylation sites is 1. The molecule has 1 aromatic heterocycles. The third-order valence-corrected chi connectivity index (χ3v) is 4.65. The van der Waals surface area contributed by atoms with Crippen LogP contribution in [0.15, 0.2) is 63.9 Å². The summed E-state index contributed by atoms with van der Waals surface area (Å²) in [5.74, 6) is -1.37. The Morgan fingerprint density at radius 3 is 2.59 bits per heavy atom. The van der Waals surface area contributed by atoms with E-state index in [1.807, 2.05) is 0 Å². The quantitative estimate of drug-likeness (QED) is 0.561. The first-order chi connectivity index (χ1) is 13.9. The van der Waals surface area contributed by atoms with E-state index in [0.717, 1.165) is 10.7 Å². The zero-order valence-corrected chi connectivity index (χ0v) is 17.5. The maximum atomic E-state index is 12.7. The number of rotatable bonds is 5. The molecule has 0 spiro atoms. The summed E-state index contributed by atoms with van der Waals surface area (Å²) >= 11 is 9.37. The van der Waals surface area contributed by atoms with E-state index < -0.39 is 17.4 Å². The summed E-state index contributed by atoms with van der Waals surface area (Å²) in [7, 11) is 0. The number of halogens is 2. The fraction of sp³-hybridized carbons (Fsp3) is 0.100. The molecule has 0 radical (unpaired) electrons. The number of nitrogens with one attached hydrogen (secondary N) is 1. The molecule has 0 saturated heterocycles. The van der Waals surface area contributed by atoms with Crippen LogP contribution in [0, 0.1) is 0 Å². The molecule has 0 aliphatic carbocycles. The number of hydrogen-bond donors (Lipinski definition) is 1. The lowest BCUT2D eigenvalue weighted by Crippen LogP contribution is -2.27. The average Bonchev–Trinajstić information content (AvgIpc) is 2.70. The zero-order chi connectivity index (χ0) is 21.0. The van der Waals surface area contributed by atoms with Crippen LogP contribution >= 0.6 is 27.5 Å². The Balaban J connectivity index is 2.06. The third-order valence-electron chi connectivity index (χ3n) is 3.82. The molecule has 3 rings (SSSR count). The number of amides is 1. The fourth-order valence-electron chi connectivity index (χ4n) is 2.52. The van der Waals surface area contributed by atoms with E-state index in [1.165, 1.54) is 6.07 Å². The lowest BCUT2D eigenvalue weighted by Gasteiger charge is -2.13. The molecule has 0 bridgehead atoms. The van der Waals surface area contributed by atoms with E-state index in [4.69, 9.17) is 16.3 Å². The maximum Gasteiger partial charge on any atom is 0.360 e. The molecule has 0 unspecified atom stereocenters. The fourth-order valence-corrected chi connectivity index (χ4v) is 3.08. The highest BCUT2D eigenvalue weighted by molar-refractivity contribution is 9.10. The first-order valence-corrected chi connectivity index (χ1v) is 9.71. The van der Waals surface area contributed by atoms with Crippen molar-refractivity contribution in [1.82, 2.24) is 9.78 Å². The number of benzene rings is 2. The van der Waals surface area contributed by atoms with Crippen molar-refractivity contribution in [3.8, 4) is 5.69 Å². The van der Waals surface area contributed by atoms with E-state index in [1.54, 1.807) is 49.4 Å². The van der Waals surface area contributed by atoms with Crippen LogP contribution in [0.5, 0.6) is 0 Å². The lowest BCUT2D eigenvalue weighted by atomic mass is 10.2. The van der Waals surface area contributed by atoms with Crippen LogP contribution in [0.1, 0.15) is 27.8 Å². The normalized spacial score (nSPS) is 10.4. The summed E-state index contributed by atoms with van der Waals surface area (Å²) in [6, 6.07) is 14.5. The van der Waals surface area contributed by atoms with Crippen LogP contribution in [0.25, 0.3) is 5.69 Å². The topological polar surface area (TPSA) is 90.3 Å². The smallest absolute Gasteiger partial charge is 0.360 e. The van der Waals surface area contributed by atoms with Gasteiger partial charge in [-0.25, -0.2) is 4.79 Å². The van der Waals surface area contributed by atoms with Gasteiger partial charge in [-0.05, 0) is 37.3 Å². The van der Waals surface area contributed by atoms with Crippen molar-refractivity contribution < 1.29 is 14.3 Å². The van der Waals surface area contributed by atoms with Crippen molar-refractivity contribution in [2.75, 3.05) is 11.9 Å². The first-order valence-electron chi connectivity index (χ1n) is 8.54. The summed E-state index contributed by atoms with van der Waals surface area (Å²) < 4.78 is 6.74. The van der Waals surface area contributed by atoms with Crippen molar-refractivity contribution in [3.05, 3.63) is 85.7 Å². The minimum atomic E-state index is -0.771. The molecule has 2 aromatic carbocycles. The molecule has 0 fully saturated rings. The molecule has 1 heterocycles. The number of nitrogens with zero attached hydrogens (tertiary/aromatic N) is 2. The van der Waals surface area contributed by atoms with Gasteiger partial charge in [0.25, 0.3) is 11.5 Å². The molecular weight excluding hydrogens is 462 g/mol. The predicted octanol–water partition coefficient (Wildman–Crippen LogP) is 4.08. The molecule has 0 aliphatic heterocycles. The van der Waals surface area contributed by atoms with Crippen LogP contribution < -0.4 is 10.9 Å². The molecule has 29 heavy (non-hydrogen) atoms. The van der Waals surface area contributed by atoms with Gasteiger partial charge in [-0.1, -0.05) is 45.7 Å². The Morgan fingerprint density at radius 1 is 1.17 bits per heavy atom. The molecule has 0 atom stereocenters. The highest BCUT2D eigenvalue weighted by Gasteiger charge is 2.21. The van der Waals surface area contributed by atoms with Gasteiger partial charge in [-0.3, -0.25) is 9.59 Å². The zero-order valence-electron chi connectivity index (χ0n) is 15.2. The van der Waals surface area contributed by atoms with E-state index in [9.17, 15) is 14.4 Å². The van der Waals surface area contributed by atoms with E-state index in [2.05, 4.69) is 26.3 Å². The molecule has 0 aliphatic rings. The number of esters is 1. The molecule has 7 nitrogen and oxygen atoms in total. The molecule has 148 valence electrons. The van der Waals surface area contributed by atoms with Gasteiger partial charge in [0.15, 0.2) is 5.69 Å². The summed E-state index contributed by atoms with van der Waals surface area (Å²) in [4.78, 5) is 37.7. The van der Waals surface area contributed by atoms with Gasteiger partial charge in [0.2, 0.25) is 0 Å². The minimum Gasteiger partial charge on any atom is -0.461 e. The number of aromatic nitrogens is 2. The Morgan fingerprint density at radius 2 is 1.90 bits per heavy atom. The van der Waals surface area contributed by atoms with E-state index in [0.29, 0.717) is 10.2 Å². The Hall–Kier alpha value is -2.97. The standard InChI is InChI=1S/C20H15BrClN3O4/c1-2-29-20(28)18-16(23-19(27)14-10-12(21)8-9-15(14)22)11-17(26)25(24-18)13-6-4-3-5-7-13/h3-11H,2H2,1H3,(H,23,27). The Kier molecular flexibility index (Phi) is 6.46. The number of ether oxygens (including phenoxy) is 1. The second kappa shape index (κ2) is 9.02. The summed E-state index contributed by atoms with van der Waals surface area (Å²) in [5, 5.41) is 6.87. The summed E-state index contributed by atoms with van der Waals surface area (Å²) in [5.41, 5.74) is -0.157. The molecule has 0 saturated carbocycles. The number of hydrogen-bond acceptors (Lipinski definition) is 5. The lowest BCUT2D eigenvalue weighted by molar-refractivity contribution is 0.0518. The average molecular weight is 477 g/mol. The second-order valence-electron chi connectivity index (χ2n) is 5.79. The molecule has 3 aromatic rings. The van der Waals surface area contributed by atoms with Crippen LogP contribution in [-0.4, -0.2) is 28.3 Å². The van der Waals surface area contributed by atoms with Gasteiger partial charge < -0.3 is 10.1 Å². The van der Waals surface area contributed by atoms with Crippen LogP contribution in [0.2, 0.25) is 5.02 Å². The van der Waals surface area contributed by atoms with Gasteiger partial charge in [0, 0.05) is 10.5 Å². The third kappa shape index (κ3) is 4.72. The highest BCUT2D eigenvalue weighted by Crippen LogP contribution is 2.23. The number of anilines is 1. The summed E-state index contributed by atoms with van der Waals surface area (Å²) in [6.07, 6.45) is 0. The van der Waals surface area contributed by atoms with Crippen molar-refractivity contribution in [3.63, 3.8) is 0 Å². The van der Waals surface area contributed by atoms with Gasteiger partial charge in [0.1, 0.15) is 0 Å². The highest BCUT2D eigenvalue weighted by atomic mass is 79.9. The van der Waals surface area contributed by atoms with Crippen molar-refractivity contribution in [1.29, 1.82) is 0 Å². The minimum absolute atomic E-state index is 0.0679. The number of carbonyl (C=O) groups excluding carboxylic acids is 2. The molecular formula is C20H15BrClN3O4. The van der Waals surface area contributed by atoms with Gasteiger partial charge >= 0.3 is 5.97 Å². The Labute approximate surface area is 179 Å². The maximum absolute atomic E-state index is 12.7. The molecule has 1 N–H and O–H groups in total. The monoisotopic (exact) mass is 475 g/mol. The van der Waals surface area contributed by atoms with E-state index >= 15 is 0 Å². The second-order valence-corrected chi connectivity index (χ2v) is 7.11. The SMILES string of the molecule is CCOC(=O)c1nn(-c2ccccc2)c(=O)cc1NC(=O)c1cc(Br)ccc1Cl.